The van der Waals surface area contributed by atoms with Gasteiger partial charge in [0.25, 0.3) is 0 Å². The first-order chi connectivity index (χ1) is 8.22. The lowest BCUT2D eigenvalue weighted by molar-refractivity contribution is 0.299. The number of hydrogen-bond donors (Lipinski definition) is 1. The van der Waals surface area contributed by atoms with Gasteiger partial charge in [0.05, 0.1) is 0 Å². The number of aliphatic hydroxyl groups is 1. The monoisotopic (exact) mass is 236 g/mol. The molecule has 3 nitrogen and oxygen atoms in total. The molecule has 1 aromatic rings. The summed E-state index contributed by atoms with van der Waals surface area (Å²) in [4.78, 5) is 6.97. The van der Waals surface area contributed by atoms with Crippen molar-refractivity contribution in [3.63, 3.8) is 0 Å². The number of aryl methyl sites for hydroxylation is 1. The Morgan fingerprint density at radius 3 is 2.29 bits per heavy atom. The van der Waals surface area contributed by atoms with E-state index in [9.17, 15) is 0 Å². The van der Waals surface area contributed by atoms with Crippen LogP contribution in [0.15, 0.2) is 12.1 Å². The van der Waals surface area contributed by atoms with Crippen molar-refractivity contribution >= 4 is 5.82 Å². The highest BCUT2D eigenvalue weighted by atomic mass is 16.2. The molecule has 96 valence electrons. The molecule has 0 spiro atoms. The Balaban J connectivity index is 2.85. The molecule has 0 bridgehead atoms. The number of anilines is 1. The van der Waals surface area contributed by atoms with Crippen LogP contribution >= 0.6 is 0 Å². The third kappa shape index (κ3) is 4.00. The zero-order chi connectivity index (χ0) is 12.7. The molecule has 0 aliphatic carbocycles. The third-order valence-electron chi connectivity index (χ3n) is 2.87. The van der Waals surface area contributed by atoms with Gasteiger partial charge >= 0.3 is 0 Å². The van der Waals surface area contributed by atoms with E-state index in [1.54, 1.807) is 0 Å². The van der Waals surface area contributed by atoms with Crippen molar-refractivity contribution in [2.24, 2.45) is 0 Å². The van der Waals surface area contributed by atoms with Gasteiger partial charge < -0.3 is 10.0 Å². The quantitative estimate of drug-likeness (QED) is 0.790. The van der Waals surface area contributed by atoms with Gasteiger partial charge in [0.1, 0.15) is 5.82 Å². The molecular formula is C14H24N2O. The molecule has 0 atom stereocenters. The van der Waals surface area contributed by atoms with E-state index in [1.165, 1.54) is 0 Å². The van der Waals surface area contributed by atoms with Crippen molar-refractivity contribution in [3.05, 3.63) is 23.4 Å². The topological polar surface area (TPSA) is 36.4 Å². The summed E-state index contributed by atoms with van der Waals surface area (Å²) < 4.78 is 0. The van der Waals surface area contributed by atoms with E-state index in [-0.39, 0.29) is 6.61 Å². The van der Waals surface area contributed by atoms with Gasteiger partial charge in [-0.15, -0.1) is 0 Å². The fraction of sp³-hybridized carbons (Fsp3) is 0.643. The minimum absolute atomic E-state index is 0.190. The minimum Gasteiger partial charge on any atom is -0.396 e. The van der Waals surface area contributed by atoms with E-state index >= 15 is 0 Å². The molecule has 17 heavy (non-hydrogen) atoms. The molecule has 0 amide bonds. The van der Waals surface area contributed by atoms with Gasteiger partial charge in [0, 0.05) is 25.4 Å². The van der Waals surface area contributed by atoms with Gasteiger partial charge in [-0.3, -0.25) is 0 Å². The molecule has 0 aliphatic rings. The van der Waals surface area contributed by atoms with E-state index in [4.69, 9.17) is 5.11 Å². The summed E-state index contributed by atoms with van der Waals surface area (Å²) in [5.41, 5.74) is 2.18. The molecule has 0 unspecified atom stereocenters. The highest BCUT2D eigenvalue weighted by Crippen LogP contribution is 2.16. The fourth-order valence-corrected chi connectivity index (χ4v) is 2.02. The van der Waals surface area contributed by atoms with Crippen molar-refractivity contribution < 1.29 is 5.11 Å². The Morgan fingerprint density at radius 1 is 1.18 bits per heavy atom. The smallest absolute Gasteiger partial charge is 0.128 e. The van der Waals surface area contributed by atoms with Gasteiger partial charge in [-0.25, -0.2) is 4.98 Å². The number of hydrogen-bond acceptors (Lipinski definition) is 3. The predicted octanol–water partition coefficient (Wildman–Crippen LogP) is 2.55. The molecule has 0 fully saturated rings. The summed E-state index contributed by atoms with van der Waals surface area (Å²) >= 11 is 0. The Morgan fingerprint density at radius 2 is 1.82 bits per heavy atom. The maximum atomic E-state index is 8.95. The second-order valence-electron chi connectivity index (χ2n) is 4.37. The molecule has 1 aromatic heterocycles. The maximum absolute atomic E-state index is 8.95. The van der Waals surface area contributed by atoms with Crippen molar-refractivity contribution in [2.75, 3.05) is 24.6 Å². The average Bonchev–Trinajstić information content (AvgIpc) is 2.32. The normalized spacial score (nSPS) is 10.6. The molecular weight excluding hydrogens is 212 g/mol. The van der Waals surface area contributed by atoms with E-state index in [0.29, 0.717) is 6.42 Å². The molecule has 1 heterocycles. The molecule has 0 radical (unpaired) electrons. The molecule has 1 rings (SSSR count). The van der Waals surface area contributed by atoms with Crippen LogP contribution < -0.4 is 4.90 Å². The van der Waals surface area contributed by atoms with E-state index in [1.807, 2.05) is 6.92 Å². The Bertz CT molecular complexity index is 333. The molecule has 0 aliphatic heterocycles. The number of pyridine rings is 1. The Hall–Kier alpha value is -1.09. The van der Waals surface area contributed by atoms with E-state index in [0.717, 1.165) is 43.0 Å². The molecule has 1 N–H and O–H groups in total. The first-order valence-corrected chi connectivity index (χ1v) is 6.55. The van der Waals surface area contributed by atoms with Crippen molar-refractivity contribution in [3.8, 4) is 0 Å². The van der Waals surface area contributed by atoms with Gasteiger partial charge in [0.2, 0.25) is 0 Å². The van der Waals surface area contributed by atoms with E-state index in [2.05, 4.69) is 35.9 Å². The Labute approximate surface area is 104 Å². The van der Waals surface area contributed by atoms with Gasteiger partial charge in [0.15, 0.2) is 0 Å². The summed E-state index contributed by atoms with van der Waals surface area (Å²) in [6.45, 7) is 8.70. The molecule has 0 saturated carbocycles. The third-order valence-corrected chi connectivity index (χ3v) is 2.87. The molecule has 3 heteroatoms. The van der Waals surface area contributed by atoms with Crippen LogP contribution in [-0.4, -0.2) is 29.8 Å². The van der Waals surface area contributed by atoms with E-state index < -0.39 is 0 Å². The van der Waals surface area contributed by atoms with Crippen molar-refractivity contribution in [2.45, 2.75) is 40.0 Å². The minimum atomic E-state index is 0.190. The number of rotatable bonds is 7. The summed E-state index contributed by atoms with van der Waals surface area (Å²) in [6.07, 6.45) is 2.97. The van der Waals surface area contributed by atoms with Crippen LogP contribution in [0.3, 0.4) is 0 Å². The van der Waals surface area contributed by atoms with Gasteiger partial charge in [-0.2, -0.15) is 0 Å². The fourth-order valence-electron chi connectivity index (χ4n) is 2.02. The van der Waals surface area contributed by atoms with Crippen LogP contribution in [0.4, 0.5) is 5.82 Å². The maximum Gasteiger partial charge on any atom is 0.128 e. The van der Waals surface area contributed by atoms with Crippen LogP contribution in [-0.2, 0) is 6.42 Å². The predicted molar refractivity (Wildman–Crippen MR) is 72.6 cm³/mol. The lowest BCUT2D eigenvalue weighted by Crippen LogP contribution is -2.26. The van der Waals surface area contributed by atoms with Crippen LogP contribution in [0.1, 0.15) is 37.9 Å². The van der Waals surface area contributed by atoms with Crippen LogP contribution in [0, 0.1) is 6.92 Å². The van der Waals surface area contributed by atoms with Crippen molar-refractivity contribution in [1.29, 1.82) is 0 Å². The first kappa shape index (κ1) is 14.0. The van der Waals surface area contributed by atoms with Crippen molar-refractivity contribution in [1.82, 2.24) is 4.98 Å². The van der Waals surface area contributed by atoms with Gasteiger partial charge in [-0.1, -0.05) is 19.9 Å². The second kappa shape index (κ2) is 7.28. The number of nitrogens with zero attached hydrogens (tertiary/aromatic N) is 2. The largest absolute Gasteiger partial charge is 0.396 e. The summed E-state index contributed by atoms with van der Waals surface area (Å²) in [7, 11) is 0. The van der Waals surface area contributed by atoms with Crippen LogP contribution in [0.5, 0.6) is 0 Å². The zero-order valence-electron chi connectivity index (χ0n) is 11.2. The van der Waals surface area contributed by atoms with Crippen LogP contribution in [0.2, 0.25) is 0 Å². The Kier molecular flexibility index (Phi) is 5.98. The average molecular weight is 236 g/mol. The van der Waals surface area contributed by atoms with Gasteiger partial charge in [-0.05, 0) is 37.8 Å². The lowest BCUT2D eigenvalue weighted by atomic mass is 10.1. The lowest BCUT2D eigenvalue weighted by Gasteiger charge is -2.23. The molecule has 0 aromatic carbocycles. The second-order valence-corrected chi connectivity index (χ2v) is 4.37. The zero-order valence-corrected chi connectivity index (χ0v) is 11.2. The summed E-state index contributed by atoms with van der Waals surface area (Å²) in [6, 6.07) is 4.16. The first-order valence-electron chi connectivity index (χ1n) is 6.55. The van der Waals surface area contributed by atoms with Crippen LogP contribution in [0.25, 0.3) is 0 Å². The SMILES string of the molecule is CCCN(CCC)c1ccc(CCO)c(C)n1. The standard InChI is InChI=1S/C14H24N2O/c1-4-9-16(10-5-2)14-7-6-13(8-11-17)12(3)15-14/h6-7,17H,4-5,8-11H2,1-3H3. The highest BCUT2D eigenvalue weighted by Gasteiger charge is 2.07. The number of aliphatic hydroxyl groups excluding tert-OH is 1. The number of aromatic nitrogens is 1. The highest BCUT2D eigenvalue weighted by molar-refractivity contribution is 5.41. The summed E-state index contributed by atoms with van der Waals surface area (Å²) in [5.74, 6) is 1.06. The summed E-state index contributed by atoms with van der Waals surface area (Å²) in [5, 5.41) is 8.95. The molecule has 0 saturated heterocycles.